The molecule has 0 aliphatic carbocycles. The monoisotopic (exact) mass is 454 g/mol. The number of amides is 1. The molecule has 3 atom stereocenters. The third kappa shape index (κ3) is 4.37. The third-order valence-electron chi connectivity index (χ3n) is 7.64. The maximum absolute atomic E-state index is 13.1. The summed E-state index contributed by atoms with van der Waals surface area (Å²) >= 11 is 0. The van der Waals surface area contributed by atoms with Crippen LogP contribution in [0.2, 0.25) is 0 Å². The van der Waals surface area contributed by atoms with E-state index in [1.165, 1.54) is 5.57 Å². The summed E-state index contributed by atoms with van der Waals surface area (Å²) in [6.07, 6.45) is 9.32. The second-order valence-corrected chi connectivity index (χ2v) is 10.4. The van der Waals surface area contributed by atoms with Gasteiger partial charge in [-0.1, -0.05) is 11.6 Å². The summed E-state index contributed by atoms with van der Waals surface area (Å²) in [6, 6.07) is 6.01. The number of allylic oxidation sites excluding steroid dienone is 2. The number of H-pyrrole nitrogens is 1. The van der Waals surface area contributed by atoms with Crippen molar-refractivity contribution in [2.45, 2.75) is 90.1 Å². The zero-order valence-electron chi connectivity index (χ0n) is 20.9. The number of methoxy groups -OCH3 is 1. The first-order valence-electron chi connectivity index (χ1n) is 12.1. The minimum Gasteiger partial charge on any atom is -0.497 e. The number of rotatable bonds is 7. The van der Waals surface area contributed by atoms with E-state index in [4.69, 9.17) is 14.2 Å². The molecule has 0 bridgehead atoms. The van der Waals surface area contributed by atoms with Gasteiger partial charge in [-0.3, -0.25) is 4.90 Å². The van der Waals surface area contributed by atoms with Crippen molar-refractivity contribution < 1.29 is 19.0 Å². The molecule has 2 aliphatic heterocycles. The largest absolute Gasteiger partial charge is 0.497 e. The van der Waals surface area contributed by atoms with Crippen molar-refractivity contribution >= 4 is 17.0 Å². The number of aromatic amines is 1. The van der Waals surface area contributed by atoms with Gasteiger partial charge in [0.15, 0.2) is 11.3 Å². The van der Waals surface area contributed by atoms with Crippen LogP contribution in [0, 0.1) is 0 Å². The lowest BCUT2D eigenvalue weighted by Crippen LogP contribution is -2.59. The second kappa shape index (κ2) is 8.71. The minimum atomic E-state index is -0.815. The highest BCUT2D eigenvalue weighted by Gasteiger charge is 2.63. The van der Waals surface area contributed by atoms with Gasteiger partial charge in [0, 0.05) is 23.6 Å². The van der Waals surface area contributed by atoms with Gasteiger partial charge in [-0.2, -0.15) is 0 Å². The van der Waals surface area contributed by atoms with Crippen molar-refractivity contribution in [1.29, 1.82) is 0 Å². The number of hydrogen-bond donors (Lipinski definition) is 1. The van der Waals surface area contributed by atoms with Crippen molar-refractivity contribution in [3.8, 4) is 5.75 Å². The molecule has 4 rings (SSSR count). The topological polar surface area (TPSA) is 63.8 Å². The van der Waals surface area contributed by atoms with E-state index in [9.17, 15) is 4.79 Å². The lowest BCUT2D eigenvalue weighted by atomic mass is 9.88. The Morgan fingerprint density at radius 2 is 2.03 bits per heavy atom. The highest BCUT2D eigenvalue weighted by Crippen LogP contribution is 2.49. The van der Waals surface area contributed by atoms with E-state index < -0.39 is 11.3 Å². The number of carbonyl (C=O) groups excluding carboxylic acids is 1. The molecule has 2 aliphatic rings. The van der Waals surface area contributed by atoms with E-state index in [2.05, 4.69) is 31.8 Å². The fraction of sp³-hybridized carbons (Fsp3) is 0.593. The summed E-state index contributed by atoms with van der Waals surface area (Å²) in [5.41, 5.74) is 1.74. The lowest BCUT2D eigenvalue weighted by molar-refractivity contribution is -0.229. The Morgan fingerprint density at radius 1 is 1.24 bits per heavy atom. The maximum Gasteiger partial charge on any atom is 0.412 e. The molecule has 3 unspecified atom stereocenters. The number of carbonyl (C=O) groups is 1. The summed E-state index contributed by atoms with van der Waals surface area (Å²) in [4.78, 5) is 18.2. The predicted octanol–water partition coefficient (Wildman–Crippen LogP) is 6.35. The molecule has 2 aromatic rings. The molecule has 33 heavy (non-hydrogen) atoms. The fourth-order valence-corrected chi connectivity index (χ4v) is 5.45. The van der Waals surface area contributed by atoms with Crippen LogP contribution in [-0.4, -0.2) is 46.6 Å². The van der Waals surface area contributed by atoms with E-state index in [1.54, 1.807) is 7.11 Å². The van der Waals surface area contributed by atoms with Gasteiger partial charge in [-0.25, -0.2) is 4.79 Å². The number of hydrogen-bond acceptors (Lipinski definition) is 4. The summed E-state index contributed by atoms with van der Waals surface area (Å²) in [7, 11) is 1.67. The van der Waals surface area contributed by atoms with Crippen LogP contribution in [0.4, 0.5) is 4.79 Å². The van der Waals surface area contributed by atoms with Crippen LogP contribution in [0.25, 0.3) is 10.9 Å². The standard InChI is InChI=1S/C27H38N2O4/c1-19(2)9-7-13-25(3)14-8-15-26(4)27(5,33-25)29(24(30)32-26)16-12-20-18-28-23-11-10-21(31-6)17-22(20)23/h9-11,17-18,28H,7-8,12-16H2,1-6H3. The second-order valence-electron chi connectivity index (χ2n) is 10.4. The number of fused-ring (bicyclic) bond motifs is 2. The number of nitrogens with zero attached hydrogens (tertiary/aromatic N) is 1. The SMILES string of the molecule is COc1ccc2[nH]cc(CCN3C(=O)OC4(C)CCCC(C)(CCC=C(C)C)OC34C)c2c1. The molecule has 0 saturated carbocycles. The molecular formula is C27H38N2O4. The Hall–Kier alpha value is -2.47. The highest BCUT2D eigenvalue weighted by molar-refractivity contribution is 5.84. The van der Waals surface area contributed by atoms with Gasteiger partial charge in [0.2, 0.25) is 0 Å². The van der Waals surface area contributed by atoms with Crippen LogP contribution in [0.3, 0.4) is 0 Å². The van der Waals surface area contributed by atoms with Crippen LogP contribution < -0.4 is 4.74 Å². The Kier molecular flexibility index (Phi) is 6.25. The quantitative estimate of drug-likeness (QED) is 0.495. The van der Waals surface area contributed by atoms with Crippen molar-refractivity contribution in [3.63, 3.8) is 0 Å². The minimum absolute atomic E-state index is 0.286. The molecule has 1 aromatic heterocycles. The number of benzene rings is 1. The third-order valence-corrected chi connectivity index (χ3v) is 7.64. The van der Waals surface area contributed by atoms with E-state index in [0.717, 1.165) is 54.3 Å². The fourth-order valence-electron chi connectivity index (χ4n) is 5.45. The first kappa shape index (κ1) is 23.7. The molecule has 1 N–H and O–H groups in total. The van der Waals surface area contributed by atoms with E-state index in [1.807, 2.05) is 43.1 Å². The molecule has 2 fully saturated rings. The van der Waals surface area contributed by atoms with Gasteiger partial charge in [0.25, 0.3) is 0 Å². The first-order valence-corrected chi connectivity index (χ1v) is 12.1. The summed E-state index contributed by atoms with van der Waals surface area (Å²) < 4.78 is 18.3. The number of aromatic nitrogens is 1. The van der Waals surface area contributed by atoms with Gasteiger partial charge in [-0.15, -0.1) is 0 Å². The van der Waals surface area contributed by atoms with Crippen LogP contribution in [0.15, 0.2) is 36.0 Å². The normalized spacial score (nSPS) is 29.5. The zero-order chi connectivity index (χ0) is 23.9. The molecule has 1 aromatic carbocycles. The van der Waals surface area contributed by atoms with Gasteiger partial charge in [0.05, 0.1) is 12.7 Å². The van der Waals surface area contributed by atoms with Gasteiger partial charge < -0.3 is 19.2 Å². The molecule has 6 nitrogen and oxygen atoms in total. The van der Waals surface area contributed by atoms with Crippen molar-refractivity contribution in [1.82, 2.24) is 9.88 Å². The van der Waals surface area contributed by atoms with Crippen LogP contribution in [0.5, 0.6) is 5.75 Å². The molecule has 1 amide bonds. The Bertz CT molecular complexity index is 1060. The van der Waals surface area contributed by atoms with Crippen LogP contribution in [0.1, 0.15) is 72.3 Å². The average molecular weight is 455 g/mol. The number of ether oxygens (including phenoxy) is 3. The Morgan fingerprint density at radius 3 is 2.76 bits per heavy atom. The predicted molar refractivity (Wildman–Crippen MR) is 131 cm³/mol. The molecule has 2 saturated heterocycles. The molecule has 3 heterocycles. The highest BCUT2D eigenvalue weighted by atomic mass is 16.6. The zero-order valence-corrected chi connectivity index (χ0v) is 20.9. The van der Waals surface area contributed by atoms with E-state index in [-0.39, 0.29) is 11.7 Å². The summed E-state index contributed by atoms with van der Waals surface area (Å²) in [6.45, 7) is 11.0. The van der Waals surface area contributed by atoms with E-state index in [0.29, 0.717) is 13.0 Å². The smallest absolute Gasteiger partial charge is 0.412 e. The molecule has 0 spiro atoms. The lowest BCUT2D eigenvalue weighted by Gasteiger charge is -2.45. The average Bonchev–Trinajstić information content (AvgIpc) is 3.18. The van der Waals surface area contributed by atoms with Gasteiger partial charge in [-0.05, 0) is 96.9 Å². The van der Waals surface area contributed by atoms with Crippen molar-refractivity contribution in [2.24, 2.45) is 0 Å². The van der Waals surface area contributed by atoms with Crippen LogP contribution in [-0.2, 0) is 15.9 Å². The molecule has 0 radical (unpaired) electrons. The van der Waals surface area contributed by atoms with Crippen molar-refractivity contribution in [3.05, 3.63) is 41.6 Å². The van der Waals surface area contributed by atoms with Crippen LogP contribution >= 0.6 is 0 Å². The number of nitrogens with one attached hydrogen (secondary N) is 1. The summed E-state index contributed by atoms with van der Waals surface area (Å²) in [5, 5.41) is 1.11. The first-order chi connectivity index (χ1) is 15.6. The van der Waals surface area contributed by atoms with Gasteiger partial charge >= 0.3 is 6.09 Å². The molecular weight excluding hydrogens is 416 g/mol. The summed E-state index contributed by atoms with van der Waals surface area (Å²) in [5.74, 6) is 0.822. The van der Waals surface area contributed by atoms with E-state index >= 15 is 0 Å². The van der Waals surface area contributed by atoms with Gasteiger partial charge in [0.1, 0.15) is 5.75 Å². The van der Waals surface area contributed by atoms with Crippen molar-refractivity contribution in [2.75, 3.05) is 13.7 Å². The maximum atomic E-state index is 13.1. The Labute approximate surface area is 197 Å². The Balaban J connectivity index is 1.57. The molecule has 180 valence electrons. The molecule has 6 heteroatoms.